The van der Waals surface area contributed by atoms with Crippen LogP contribution in [0.1, 0.15) is 50.4 Å². The molecule has 10 heteroatoms. The minimum Gasteiger partial charge on any atom is -0.387 e. The smallest absolute Gasteiger partial charge is 0.261 e. The first kappa shape index (κ1) is 24.9. The molecule has 0 saturated carbocycles. The number of carbonyl (C=O) groups excluding carboxylic acids is 2. The summed E-state index contributed by atoms with van der Waals surface area (Å²) in [6, 6.07) is 11.5. The molecule has 37 heavy (non-hydrogen) atoms. The number of pyridine rings is 1. The van der Waals surface area contributed by atoms with Gasteiger partial charge in [-0.1, -0.05) is 23.7 Å². The van der Waals surface area contributed by atoms with Crippen molar-refractivity contribution in [1.29, 1.82) is 0 Å². The molecule has 2 aliphatic rings. The number of rotatable bonds is 8. The number of aliphatic imine (C=N–C) groups is 1. The van der Waals surface area contributed by atoms with Gasteiger partial charge in [-0.2, -0.15) is 0 Å². The third kappa shape index (κ3) is 4.57. The fourth-order valence-corrected chi connectivity index (χ4v) is 4.96. The Morgan fingerprint density at radius 2 is 1.92 bits per heavy atom. The van der Waals surface area contributed by atoms with Crippen molar-refractivity contribution in [3.05, 3.63) is 91.9 Å². The number of carbonyl (C=O) groups is 2. The molecule has 0 fully saturated rings. The van der Waals surface area contributed by atoms with Crippen molar-refractivity contribution in [2.75, 3.05) is 25.6 Å². The Bertz CT molecular complexity index is 1500. The standard InChI is InChI=1S/C27H25ClN4O5/c1-14(13-37-2)32-26(35)18-9-16-10-22(31-21(16)11-19(18)27(32)36)24-20(6-7-29-25(24)34)30-12-23(33)15-4-3-5-17(28)8-15/h3-9,11,14,23,33H,10,12-13H2,1-2H3,(H2,29,30,34)/t14-,23-/m1/s1. The highest BCUT2D eigenvalue weighted by atomic mass is 35.5. The van der Waals surface area contributed by atoms with Crippen LogP contribution >= 0.6 is 11.6 Å². The van der Waals surface area contributed by atoms with Crippen molar-refractivity contribution in [1.82, 2.24) is 9.88 Å². The zero-order valence-electron chi connectivity index (χ0n) is 20.2. The summed E-state index contributed by atoms with van der Waals surface area (Å²) in [5.41, 5.74) is 3.58. The Balaban J connectivity index is 1.41. The van der Waals surface area contributed by atoms with Crippen molar-refractivity contribution in [2.45, 2.75) is 25.5 Å². The molecule has 0 spiro atoms. The molecule has 5 rings (SSSR count). The number of halogens is 1. The molecule has 0 radical (unpaired) electrons. The zero-order valence-corrected chi connectivity index (χ0v) is 21.0. The van der Waals surface area contributed by atoms with Gasteiger partial charge in [-0.15, -0.1) is 0 Å². The van der Waals surface area contributed by atoms with Gasteiger partial charge in [0.05, 0.1) is 52.5 Å². The van der Waals surface area contributed by atoms with Gasteiger partial charge < -0.3 is 20.1 Å². The highest BCUT2D eigenvalue weighted by molar-refractivity contribution is 6.30. The molecular formula is C27H25ClN4O5. The number of imide groups is 1. The number of hydrogen-bond donors (Lipinski definition) is 3. The number of ether oxygens (including phenoxy) is 1. The summed E-state index contributed by atoms with van der Waals surface area (Å²) >= 11 is 6.03. The summed E-state index contributed by atoms with van der Waals surface area (Å²) in [7, 11) is 1.52. The van der Waals surface area contributed by atoms with Gasteiger partial charge >= 0.3 is 0 Å². The number of aliphatic hydroxyl groups excluding tert-OH is 1. The molecule has 3 N–H and O–H groups in total. The fourth-order valence-electron chi connectivity index (χ4n) is 4.76. The topological polar surface area (TPSA) is 124 Å². The van der Waals surface area contributed by atoms with Crippen molar-refractivity contribution < 1.29 is 19.4 Å². The van der Waals surface area contributed by atoms with Crippen molar-refractivity contribution >= 4 is 40.5 Å². The number of nitrogens with zero attached hydrogens (tertiary/aromatic N) is 2. The number of aromatic amines is 1. The van der Waals surface area contributed by atoms with Crippen LogP contribution in [0.4, 0.5) is 11.4 Å². The van der Waals surface area contributed by atoms with E-state index in [1.807, 2.05) is 0 Å². The summed E-state index contributed by atoms with van der Waals surface area (Å²) in [6.45, 7) is 2.14. The fraction of sp³-hybridized carbons (Fsp3) is 0.259. The number of aromatic nitrogens is 1. The van der Waals surface area contributed by atoms with E-state index in [1.54, 1.807) is 49.4 Å². The van der Waals surface area contributed by atoms with Crippen LogP contribution in [0.5, 0.6) is 0 Å². The molecule has 3 aromatic rings. The van der Waals surface area contributed by atoms with Crippen LogP contribution in [-0.4, -0.2) is 58.8 Å². The maximum atomic E-state index is 13.0. The quantitative estimate of drug-likeness (QED) is 0.391. The number of hydrogen-bond acceptors (Lipinski definition) is 7. The monoisotopic (exact) mass is 520 g/mol. The van der Waals surface area contributed by atoms with E-state index in [0.717, 1.165) is 5.56 Å². The van der Waals surface area contributed by atoms with Crippen LogP contribution in [0.2, 0.25) is 5.02 Å². The lowest BCUT2D eigenvalue weighted by atomic mass is 10.00. The molecular weight excluding hydrogens is 496 g/mol. The molecule has 9 nitrogen and oxygen atoms in total. The van der Waals surface area contributed by atoms with Crippen LogP contribution in [0.15, 0.2) is 58.4 Å². The van der Waals surface area contributed by atoms with Gasteiger partial charge in [0.2, 0.25) is 0 Å². The third-order valence-corrected chi connectivity index (χ3v) is 6.78. The van der Waals surface area contributed by atoms with Gasteiger partial charge in [0.1, 0.15) is 0 Å². The minimum atomic E-state index is -0.850. The Morgan fingerprint density at radius 3 is 2.65 bits per heavy atom. The van der Waals surface area contributed by atoms with Gasteiger partial charge in [0, 0.05) is 31.3 Å². The van der Waals surface area contributed by atoms with Gasteiger partial charge in [-0.25, -0.2) is 0 Å². The summed E-state index contributed by atoms with van der Waals surface area (Å²) in [4.78, 5) is 47.3. The van der Waals surface area contributed by atoms with Crippen molar-refractivity contribution in [3.63, 3.8) is 0 Å². The van der Waals surface area contributed by atoms with Gasteiger partial charge in [0.15, 0.2) is 0 Å². The average molecular weight is 521 g/mol. The molecule has 190 valence electrons. The summed E-state index contributed by atoms with van der Waals surface area (Å²) < 4.78 is 5.11. The molecule has 2 atom stereocenters. The second kappa shape index (κ2) is 9.93. The number of benzene rings is 2. The second-order valence-electron chi connectivity index (χ2n) is 9.09. The van der Waals surface area contributed by atoms with Crippen LogP contribution in [0.25, 0.3) is 0 Å². The number of aliphatic hydroxyl groups is 1. The van der Waals surface area contributed by atoms with Crippen molar-refractivity contribution in [3.8, 4) is 0 Å². The van der Waals surface area contributed by atoms with Gasteiger partial charge in [-0.05, 0) is 48.4 Å². The first-order chi connectivity index (χ1) is 17.8. The van der Waals surface area contributed by atoms with Crippen molar-refractivity contribution in [2.24, 2.45) is 4.99 Å². The Morgan fingerprint density at radius 1 is 1.16 bits per heavy atom. The minimum absolute atomic E-state index is 0.143. The summed E-state index contributed by atoms with van der Waals surface area (Å²) in [6.07, 6.45) is 0.984. The highest BCUT2D eigenvalue weighted by Gasteiger charge is 2.40. The lowest BCUT2D eigenvalue weighted by Gasteiger charge is -2.21. The molecule has 0 unspecified atom stereocenters. The van der Waals surface area contributed by atoms with E-state index in [0.29, 0.717) is 50.8 Å². The molecule has 2 amide bonds. The Labute approximate surface area is 217 Å². The number of nitrogens with one attached hydrogen (secondary N) is 2. The highest BCUT2D eigenvalue weighted by Crippen LogP contribution is 2.36. The number of H-pyrrole nitrogens is 1. The molecule has 0 saturated heterocycles. The van der Waals surface area contributed by atoms with Gasteiger partial charge in [-0.3, -0.25) is 24.3 Å². The van der Waals surface area contributed by atoms with E-state index in [2.05, 4.69) is 15.3 Å². The number of fused-ring (bicyclic) bond motifs is 2. The number of amides is 2. The van der Waals surface area contributed by atoms with Crippen LogP contribution < -0.4 is 10.9 Å². The van der Waals surface area contributed by atoms with Crippen LogP contribution in [0, 0.1) is 0 Å². The van der Waals surface area contributed by atoms with E-state index in [1.165, 1.54) is 18.2 Å². The van der Waals surface area contributed by atoms with Crippen LogP contribution in [-0.2, 0) is 11.2 Å². The first-order valence-electron chi connectivity index (χ1n) is 11.8. The largest absolute Gasteiger partial charge is 0.387 e. The second-order valence-corrected chi connectivity index (χ2v) is 9.53. The Hall–Kier alpha value is -3.79. The van der Waals surface area contributed by atoms with E-state index >= 15 is 0 Å². The van der Waals surface area contributed by atoms with E-state index in [9.17, 15) is 19.5 Å². The molecule has 0 aliphatic carbocycles. The molecule has 1 aromatic heterocycles. The normalized spacial score (nSPS) is 15.9. The SMILES string of the molecule is COC[C@@H](C)N1C(=O)c2cc3c(cc2C1=O)N=C(c1c(NC[C@@H](O)c2cccc(Cl)c2)cc[nH]c1=O)C3. The van der Waals surface area contributed by atoms with E-state index in [-0.39, 0.29) is 30.5 Å². The number of anilines is 1. The summed E-state index contributed by atoms with van der Waals surface area (Å²) in [5, 5.41) is 14.3. The first-order valence-corrected chi connectivity index (χ1v) is 12.2. The molecule has 3 heterocycles. The predicted octanol–water partition coefficient (Wildman–Crippen LogP) is 3.48. The molecule has 2 aliphatic heterocycles. The lowest BCUT2D eigenvalue weighted by Crippen LogP contribution is -2.40. The molecule has 2 aromatic carbocycles. The Kier molecular flexibility index (Phi) is 6.68. The van der Waals surface area contributed by atoms with Gasteiger partial charge in [0.25, 0.3) is 17.4 Å². The van der Waals surface area contributed by atoms with E-state index in [4.69, 9.17) is 16.3 Å². The lowest BCUT2D eigenvalue weighted by molar-refractivity contribution is 0.0497. The zero-order chi connectivity index (χ0) is 26.3. The predicted molar refractivity (Wildman–Crippen MR) is 140 cm³/mol. The van der Waals surface area contributed by atoms with Crippen LogP contribution in [0.3, 0.4) is 0 Å². The third-order valence-electron chi connectivity index (χ3n) is 6.55. The summed E-state index contributed by atoms with van der Waals surface area (Å²) in [5.74, 6) is -0.748. The molecule has 0 bridgehead atoms. The maximum absolute atomic E-state index is 13.0. The maximum Gasteiger partial charge on any atom is 0.261 e. The van der Waals surface area contributed by atoms with E-state index < -0.39 is 12.1 Å². The number of methoxy groups -OCH3 is 1. The average Bonchev–Trinajstić information content (AvgIpc) is 3.39.